The Morgan fingerprint density at radius 3 is 2.89 bits per heavy atom. The van der Waals surface area contributed by atoms with Gasteiger partial charge in [0, 0.05) is 24.9 Å². The fourth-order valence-electron chi connectivity index (χ4n) is 2.17. The standard InChI is InChI=1S/C13H14FNO3/c1-15-6-10(13(17)18-2)11(7-16)9-5-8(14)3-4-12(9)15/h3-6,11,16H,7H2,1-2H3. The van der Waals surface area contributed by atoms with Crippen molar-refractivity contribution in [1.82, 2.24) is 0 Å². The van der Waals surface area contributed by atoms with Crippen molar-refractivity contribution in [2.75, 3.05) is 25.7 Å². The quantitative estimate of drug-likeness (QED) is 0.807. The highest BCUT2D eigenvalue weighted by Crippen LogP contribution is 2.37. The number of aliphatic hydroxyl groups is 1. The Morgan fingerprint density at radius 1 is 1.56 bits per heavy atom. The number of ether oxygens (including phenoxy) is 1. The van der Waals surface area contributed by atoms with Gasteiger partial charge in [-0.2, -0.15) is 0 Å². The fraction of sp³-hybridized carbons (Fsp3) is 0.308. The Bertz CT molecular complexity index is 513. The summed E-state index contributed by atoms with van der Waals surface area (Å²) < 4.78 is 18.0. The van der Waals surface area contributed by atoms with E-state index in [9.17, 15) is 14.3 Å². The lowest BCUT2D eigenvalue weighted by Crippen LogP contribution is -2.27. The molecule has 1 unspecified atom stereocenters. The Hall–Kier alpha value is -1.88. The van der Waals surface area contributed by atoms with Gasteiger partial charge in [0.2, 0.25) is 0 Å². The Kier molecular flexibility index (Phi) is 3.34. The molecule has 0 amide bonds. The predicted octanol–water partition coefficient (Wildman–Crippen LogP) is 1.41. The molecule has 1 atom stereocenters. The van der Waals surface area contributed by atoms with Crippen LogP contribution in [0.3, 0.4) is 0 Å². The van der Waals surface area contributed by atoms with Crippen LogP contribution in [0.2, 0.25) is 0 Å². The van der Waals surface area contributed by atoms with E-state index < -0.39 is 17.7 Å². The molecule has 0 aliphatic carbocycles. The zero-order valence-electron chi connectivity index (χ0n) is 10.2. The molecule has 0 bridgehead atoms. The zero-order chi connectivity index (χ0) is 13.3. The first-order valence-corrected chi connectivity index (χ1v) is 5.51. The molecule has 5 heteroatoms. The maximum Gasteiger partial charge on any atom is 0.335 e. The second kappa shape index (κ2) is 4.78. The third-order valence-corrected chi connectivity index (χ3v) is 3.06. The van der Waals surface area contributed by atoms with Crippen molar-refractivity contribution in [2.45, 2.75) is 5.92 Å². The van der Waals surface area contributed by atoms with Crippen molar-refractivity contribution in [3.05, 3.63) is 41.4 Å². The van der Waals surface area contributed by atoms with Crippen LogP contribution in [0.5, 0.6) is 0 Å². The highest BCUT2D eigenvalue weighted by atomic mass is 19.1. The van der Waals surface area contributed by atoms with Crippen molar-refractivity contribution in [3.63, 3.8) is 0 Å². The minimum Gasteiger partial charge on any atom is -0.466 e. The molecule has 96 valence electrons. The normalized spacial score (nSPS) is 18.1. The van der Waals surface area contributed by atoms with Crippen LogP contribution >= 0.6 is 0 Å². The number of anilines is 1. The van der Waals surface area contributed by atoms with Crippen LogP contribution in [0.1, 0.15) is 11.5 Å². The van der Waals surface area contributed by atoms with Crippen molar-refractivity contribution in [3.8, 4) is 0 Å². The number of carbonyl (C=O) groups is 1. The number of rotatable bonds is 2. The minimum absolute atomic E-state index is 0.273. The van der Waals surface area contributed by atoms with Crippen LogP contribution in [0.4, 0.5) is 10.1 Å². The molecule has 0 aromatic heterocycles. The molecule has 1 heterocycles. The average Bonchev–Trinajstić information content (AvgIpc) is 2.37. The van der Waals surface area contributed by atoms with Gasteiger partial charge < -0.3 is 14.7 Å². The van der Waals surface area contributed by atoms with E-state index in [1.807, 2.05) is 0 Å². The molecular weight excluding hydrogens is 237 g/mol. The summed E-state index contributed by atoms with van der Waals surface area (Å²) in [5.74, 6) is -1.47. The average molecular weight is 251 g/mol. The molecular formula is C13H14FNO3. The van der Waals surface area contributed by atoms with Crippen LogP contribution in [-0.2, 0) is 9.53 Å². The third-order valence-electron chi connectivity index (χ3n) is 3.06. The van der Waals surface area contributed by atoms with Gasteiger partial charge in [-0.3, -0.25) is 0 Å². The van der Waals surface area contributed by atoms with Gasteiger partial charge in [0.15, 0.2) is 0 Å². The Labute approximate surface area is 104 Å². The maximum absolute atomic E-state index is 13.3. The molecule has 0 saturated heterocycles. The van der Waals surface area contributed by atoms with Crippen LogP contribution in [-0.4, -0.2) is 31.8 Å². The molecule has 18 heavy (non-hydrogen) atoms. The number of benzene rings is 1. The van der Waals surface area contributed by atoms with Crippen molar-refractivity contribution in [2.24, 2.45) is 0 Å². The van der Waals surface area contributed by atoms with Gasteiger partial charge in [-0.15, -0.1) is 0 Å². The second-order valence-electron chi connectivity index (χ2n) is 4.13. The molecule has 0 fully saturated rings. The van der Waals surface area contributed by atoms with E-state index in [4.69, 9.17) is 0 Å². The van der Waals surface area contributed by atoms with Gasteiger partial charge >= 0.3 is 5.97 Å². The molecule has 1 N–H and O–H groups in total. The first-order chi connectivity index (χ1) is 8.58. The monoisotopic (exact) mass is 251 g/mol. The summed E-state index contributed by atoms with van der Waals surface area (Å²) >= 11 is 0. The predicted molar refractivity (Wildman–Crippen MR) is 64.7 cm³/mol. The van der Waals surface area contributed by atoms with Crippen molar-refractivity contribution >= 4 is 11.7 Å². The second-order valence-corrected chi connectivity index (χ2v) is 4.13. The van der Waals surface area contributed by atoms with Crippen LogP contribution in [0.25, 0.3) is 0 Å². The molecule has 4 nitrogen and oxygen atoms in total. The number of aliphatic hydroxyl groups excluding tert-OH is 1. The number of fused-ring (bicyclic) bond motifs is 1. The van der Waals surface area contributed by atoms with Crippen LogP contribution in [0.15, 0.2) is 30.0 Å². The molecule has 1 aromatic carbocycles. The number of nitrogens with zero attached hydrogens (tertiary/aromatic N) is 1. The number of esters is 1. The van der Waals surface area contributed by atoms with Crippen LogP contribution < -0.4 is 4.90 Å². The summed E-state index contributed by atoms with van der Waals surface area (Å²) in [5, 5.41) is 9.44. The summed E-state index contributed by atoms with van der Waals surface area (Å²) in [6.07, 6.45) is 1.60. The van der Waals surface area contributed by atoms with Crippen molar-refractivity contribution < 1.29 is 19.0 Å². The highest BCUT2D eigenvalue weighted by molar-refractivity contribution is 5.92. The lowest BCUT2D eigenvalue weighted by atomic mass is 9.88. The van der Waals surface area contributed by atoms with Gasteiger partial charge in [-0.05, 0) is 23.8 Å². The van der Waals surface area contributed by atoms with E-state index in [0.29, 0.717) is 11.1 Å². The molecule has 1 aliphatic rings. The van der Waals surface area contributed by atoms with E-state index in [-0.39, 0.29) is 6.61 Å². The largest absolute Gasteiger partial charge is 0.466 e. The third kappa shape index (κ3) is 1.97. The van der Waals surface area contributed by atoms with E-state index >= 15 is 0 Å². The lowest BCUT2D eigenvalue weighted by Gasteiger charge is -2.30. The molecule has 1 aromatic rings. The smallest absolute Gasteiger partial charge is 0.335 e. The number of halogens is 1. The van der Waals surface area contributed by atoms with Gasteiger partial charge in [0.25, 0.3) is 0 Å². The maximum atomic E-state index is 13.3. The minimum atomic E-state index is -0.556. The summed E-state index contributed by atoms with van der Waals surface area (Å²) in [7, 11) is 3.03. The Morgan fingerprint density at radius 2 is 2.28 bits per heavy atom. The number of hydrogen-bond donors (Lipinski definition) is 1. The van der Waals surface area contributed by atoms with Gasteiger partial charge in [0.1, 0.15) is 5.82 Å². The summed E-state index contributed by atoms with van der Waals surface area (Å²) in [6, 6.07) is 4.31. The number of hydrogen-bond acceptors (Lipinski definition) is 4. The van der Waals surface area contributed by atoms with Crippen molar-refractivity contribution in [1.29, 1.82) is 0 Å². The van der Waals surface area contributed by atoms with E-state index in [1.165, 1.54) is 19.2 Å². The molecule has 0 spiro atoms. The first-order valence-electron chi connectivity index (χ1n) is 5.51. The van der Waals surface area contributed by atoms with Gasteiger partial charge in [-0.1, -0.05) is 0 Å². The van der Waals surface area contributed by atoms with E-state index in [0.717, 1.165) is 5.69 Å². The number of methoxy groups -OCH3 is 1. The van der Waals surface area contributed by atoms with E-state index in [1.54, 1.807) is 24.2 Å². The van der Waals surface area contributed by atoms with E-state index in [2.05, 4.69) is 4.74 Å². The zero-order valence-corrected chi connectivity index (χ0v) is 10.2. The first kappa shape index (κ1) is 12.6. The van der Waals surface area contributed by atoms with Gasteiger partial charge in [0.05, 0.1) is 19.3 Å². The fourth-order valence-corrected chi connectivity index (χ4v) is 2.17. The SMILES string of the molecule is COC(=O)C1=CN(C)c2ccc(F)cc2C1CO. The number of carbonyl (C=O) groups excluding carboxylic acids is 1. The summed E-state index contributed by atoms with van der Waals surface area (Å²) in [4.78, 5) is 13.4. The molecule has 0 radical (unpaired) electrons. The highest BCUT2D eigenvalue weighted by Gasteiger charge is 2.30. The Balaban J connectivity index is 2.53. The summed E-state index contributed by atoms with van der Waals surface area (Å²) in [5.41, 5.74) is 1.67. The molecule has 2 rings (SSSR count). The molecule has 0 saturated carbocycles. The topological polar surface area (TPSA) is 49.8 Å². The summed E-state index contributed by atoms with van der Waals surface area (Å²) in [6.45, 7) is -0.273. The molecule has 1 aliphatic heterocycles. The van der Waals surface area contributed by atoms with Crippen LogP contribution in [0, 0.1) is 5.82 Å². The lowest BCUT2D eigenvalue weighted by molar-refractivity contribution is -0.136. The van der Waals surface area contributed by atoms with Gasteiger partial charge in [-0.25, -0.2) is 9.18 Å².